The highest BCUT2D eigenvalue weighted by Crippen LogP contribution is 2.00. The fourth-order valence-corrected chi connectivity index (χ4v) is 1.43. The van der Waals surface area contributed by atoms with E-state index < -0.39 is 0 Å². The van der Waals surface area contributed by atoms with Gasteiger partial charge in [-0.15, -0.1) is 0 Å². The maximum atomic E-state index is 11.1. The van der Waals surface area contributed by atoms with Crippen molar-refractivity contribution in [3.05, 3.63) is 0 Å². The molecule has 0 aliphatic rings. The predicted octanol–water partition coefficient (Wildman–Crippen LogP) is 1.96. The molecule has 1 amide bonds. The van der Waals surface area contributed by atoms with Crippen LogP contribution in [0, 0.1) is 0 Å². The third kappa shape index (κ3) is 9.58. The Labute approximate surface area is 90.0 Å². The molecule has 3 nitrogen and oxygen atoms in total. The Morgan fingerprint density at radius 2 is 1.93 bits per heavy atom. The molecule has 82 valence electrons. The molecule has 0 aromatic rings. The van der Waals surface area contributed by atoms with Gasteiger partial charge in [0.15, 0.2) is 5.12 Å². The van der Waals surface area contributed by atoms with Crippen molar-refractivity contribution >= 4 is 22.8 Å². The lowest BCUT2D eigenvalue weighted by Gasteiger charge is -2.03. The number of hydrogen-bond acceptors (Lipinski definition) is 3. The van der Waals surface area contributed by atoms with Crippen molar-refractivity contribution in [1.82, 2.24) is 5.32 Å². The Bertz CT molecular complexity index is 183. The molecular formula is C10H19NO2S. The highest BCUT2D eigenvalue weighted by Gasteiger charge is 2.02. The quantitative estimate of drug-likeness (QED) is 0.663. The molecule has 0 fully saturated rings. The van der Waals surface area contributed by atoms with E-state index in [2.05, 4.69) is 12.2 Å². The minimum absolute atomic E-state index is 0.00821. The lowest BCUT2D eigenvalue weighted by atomic mass is 10.2. The monoisotopic (exact) mass is 217 g/mol. The van der Waals surface area contributed by atoms with E-state index in [0.29, 0.717) is 0 Å². The summed E-state index contributed by atoms with van der Waals surface area (Å²) in [6.07, 6.45) is 4.62. The Morgan fingerprint density at radius 1 is 1.21 bits per heavy atom. The number of carbonyl (C=O) groups excluding carboxylic acids is 2. The molecule has 0 aromatic heterocycles. The lowest BCUT2D eigenvalue weighted by molar-refractivity contribution is -0.118. The van der Waals surface area contributed by atoms with Gasteiger partial charge in [0.25, 0.3) is 0 Å². The SMILES string of the molecule is CCCCCCNC(=O)CSC(C)=O. The summed E-state index contributed by atoms with van der Waals surface area (Å²) >= 11 is 1.06. The Balaban J connectivity index is 3.22. The molecule has 0 aromatic carbocycles. The van der Waals surface area contributed by atoms with E-state index in [-0.39, 0.29) is 16.8 Å². The second-order valence-corrected chi connectivity index (χ2v) is 4.34. The third-order valence-corrected chi connectivity index (χ3v) is 2.57. The zero-order valence-electron chi connectivity index (χ0n) is 8.97. The van der Waals surface area contributed by atoms with Crippen LogP contribution in [0.5, 0.6) is 0 Å². The number of nitrogens with one attached hydrogen (secondary N) is 1. The number of unbranched alkanes of at least 4 members (excludes halogenated alkanes) is 3. The second-order valence-electron chi connectivity index (χ2n) is 3.19. The van der Waals surface area contributed by atoms with E-state index in [4.69, 9.17) is 0 Å². The van der Waals surface area contributed by atoms with Gasteiger partial charge >= 0.3 is 0 Å². The summed E-state index contributed by atoms with van der Waals surface area (Å²) in [6, 6.07) is 0. The molecule has 1 N–H and O–H groups in total. The molecule has 0 saturated heterocycles. The van der Waals surface area contributed by atoms with Gasteiger partial charge < -0.3 is 5.32 Å². The fraction of sp³-hybridized carbons (Fsp3) is 0.800. The summed E-state index contributed by atoms with van der Waals surface area (Å²) in [7, 11) is 0. The summed E-state index contributed by atoms with van der Waals surface area (Å²) in [5.74, 6) is 0.213. The lowest BCUT2D eigenvalue weighted by Crippen LogP contribution is -2.26. The molecule has 14 heavy (non-hydrogen) atoms. The van der Waals surface area contributed by atoms with Crippen molar-refractivity contribution in [2.24, 2.45) is 0 Å². The van der Waals surface area contributed by atoms with Crippen LogP contribution in [-0.2, 0) is 9.59 Å². The molecule has 4 heteroatoms. The molecule has 0 bridgehead atoms. The van der Waals surface area contributed by atoms with Crippen molar-refractivity contribution in [2.45, 2.75) is 39.5 Å². The van der Waals surface area contributed by atoms with Gasteiger partial charge in [-0.2, -0.15) is 0 Å². The van der Waals surface area contributed by atoms with Crippen molar-refractivity contribution in [3.8, 4) is 0 Å². The highest BCUT2D eigenvalue weighted by atomic mass is 32.2. The first-order chi connectivity index (χ1) is 6.66. The minimum Gasteiger partial charge on any atom is -0.355 e. The molecule has 0 spiro atoms. The first-order valence-corrected chi connectivity index (χ1v) is 6.05. The van der Waals surface area contributed by atoms with Crippen LogP contribution in [0.1, 0.15) is 39.5 Å². The van der Waals surface area contributed by atoms with Crippen LogP contribution in [0.2, 0.25) is 0 Å². The van der Waals surface area contributed by atoms with Crippen LogP contribution in [0.4, 0.5) is 0 Å². The van der Waals surface area contributed by atoms with E-state index >= 15 is 0 Å². The normalized spacial score (nSPS) is 9.86. The van der Waals surface area contributed by atoms with Gasteiger partial charge in [0.1, 0.15) is 0 Å². The van der Waals surface area contributed by atoms with E-state index in [1.54, 1.807) is 0 Å². The summed E-state index contributed by atoms with van der Waals surface area (Å²) in [4.78, 5) is 21.6. The van der Waals surface area contributed by atoms with Crippen LogP contribution >= 0.6 is 11.8 Å². The van der Waals surface area contributed by atoms with Gasteiger partial charge in [0.05, 0.1) is 5.75 Å². The Hall–Kier alpha value is -0.510. The zero-order chi connectivity index (χ0) is 10.8. The summed E-state index contributed by atoms with van der Waals surface area (Å²) < 4.78 is 0. The molecule has 0 unspecified atom stereocenters. The van der Waals surface area contributed by atoms with Crippen LogP contribution in [0.3, 0.4) is 0 Å². The summed E-state index contributed by atoms with van der Waals surface area (Å²) in [5, 5.41) is 2.78. The van der Waals surface area contributed by atoms with Crippen molar-refractivity contribution in [2.75, 3.05) is 12.3 Å². The molecular weight excluding hydrogens is 198 g/mol. The standard InChI is InChI=1S/C10H19NO2S/c1-3-4-5-6-7-11-10(13)8-14-9(2)12/h3-8H2,1-2H3,(H,11,13). The second kappa shape index (κ2) is 9.06. The van der Waals surface area contributed by atoms with Gasteiger partial charge in [-0.3, -0.25) is 9.59 Å². The van der Waals surface area contributed by atoms with Crippen LogP contribution in [0.15, 0.2) is 0 Å². The summed E-state index contributed by atoms with van der Waals surface area (Å²) in [6.45, 7) is 4.36. The predicted molar refractivity (Wildman–Crippen MR) is 60.3 cm³/mol. The van der Waals surface area contributed by atoms with Crippen LogP contribution in [0.25, 0.3) is 0 Å². The molecule has 0 rings (SSSR count). The van der Waals surface area contributed by atoms with Gasteiger partial charge in [-0.25, -0.2) is 0 Å². The zero-order valence-corrected chi connectivity index (χ0v) is 9.78. The van der Waals surface area contributed by atoms with Gasteiger partial charge in [0.2, 0.25) is 5.91 Å². The van der Waals surface area contributed by atoms with Crippen molar-refractivity contribution in [3.63, 3.8) is 0 Å². The molecule has 0 heterocycles. The van der Waals surface area contributed by atoms with E-state index in [1.807, 2.05) is 0 Å². The first kappa shape index (κ1) is 13.5. The van der Waals surface area contributed by atoms with Gasteiger partial charge in [-0.05, 0) is 6.42 Å². The molecule has 0 saturated carbocycles. The number of thioether (sulfide) groups is 1. The number of carbonyl (C=O) groups is 2. The van der Waals surface area contributed by atoms with Crippen LogP contribution in [-0.4, -0.2) is 23.3 Å². The Kier molecular flexibility index (Phi) is 8.73. The maximum absolute atomic E-state index is 11.1. The van der Waals surface area contributed by atoms with Crippen LogP contribution < -0.4 is 5.32 Å². The summed E-state index contributed by atoms with van der Waals surface area (Å²) in [5.41, 5.74) is 0. The van der Waals surface area contributed by atoms with Gasteiger partial charge in [-0.1, -0.05) is 37.9 Å². The van der Waals surface area contributed by atoms with Gasteiger partial charge in [0, 0.05) is 13.5 Å². The number of amides is 1. The smallest absolute Gasteiger partial charge is 0.230 e. The maximum Gasteiger partial charge on any atom is 0.230 e. The highest BCUT2D eigenvalue weighted by molar-refractivity contribution is 8.14. The molecule has 0 aliphatic heterocycles. The van der Waals surface area contributed by atoms with Crippen molar-refractivity contribution in [1.29, 1.82) is 0 Å². The molecule has 0 atom stereocenters. The number of rotatable bonds is 7. The molecule has 0 aliphatic carbocycles. The average Bonchev–Trinajstić information content (AvgIpc) is 2.14. The Morgan fingerprint density at radius 3 is 2.50 bits per heavy atom. The van der Waals surface area contributed by atoms with E-state index in [1.165, 1.54) is 19.8 Å². The minimum atomic E-state index is -0.0401. The van der Waals surface area contributed by atoms with E-state index in [9.17, 15) is 9.59 Å². The largest absolute Gasteiger partial charge is 0.355 e. The number of hydrogen-bond donors (Lipinski definition) is 1. The third-order valence-electron chi connectivity index (χ3n) is 1.76. The van der Waals surface area contributed by atoms with E-state index in [0.717, 1.165) is 31.1 Å². The topological polar surface area (TPSA) is 46.2 Å². The van der Waals surface area contributed by atoms with Crippen molar-refractivity contribution < 1.29 is 9.59 Å². The average molecular weight is 217 g/mol. The molecule has 0 radical (unpaired) electrons. The first-order valence-electron chi connectivity index (χ1n) is 5.07. The fourth-order valence-electron chi connectivity index (χ4n) is 0.998.